The molecule has 33 heavy (non-hydrogen) atoms. The van der Waals surface area contributed by atoms with Crippen molar-refractivity contribution < 1.29 is 54.1 Å². The molecule has 0 aliphatic rings. The van der Waals surface area contributed by atoms with Crippen LogP contribution in [0.3, 0.4) is 0 Å². The van der Waals surface area contributed by atoms with E-state index in [9.17, 15) is 19.5 Å². The van der Waals surface area contributed by atoms with E-state index in [4.69, 9.17) is 34.6 Å². The molecule has 11 nitrogen and oxygen atoms in total. The van der Waals surface area contributed by atoms with Gasteiger partial charge in [0.1, 0.15) is 19.8 Å². The Bertz CT molecular complexity index is 473. The average Bonchev–Trinajstić information content (AvgIpc) is 2.82. The van der Waals surface area contributed by atoms with Crippen LogP contribution >= 0.6 is 37.9 Å². The van der Waals surface area contributed by atoms with Gasteiger partial charge >= 0.3 is 17.9 Å². The van der Waals surface area contributed by atoms with Crippen molar-refractivity contribution in [3.05, 3.63) is 0 Å². The van der Waals surface area contributed by atoms with Crippen LogP contribution in [0.15, 0.2) is 0 Å². The molecule has 0 saturated heterocycles. The number of rotatable bonds is 17. The Labute approximate surface area is 210 Å². The van der Waals surface area contributed by atoms with Gasteiger partial charge < -0.3 is 39.7 Å². The third kappa shape index (κ3) is 15.7. The summed E-state index contributed by atoms with van der Waals surface area (Å²) >= 11 is 11.8. The van der Waals surface area contributed by atoms with Gasteiger partial charge in [-0.2, -0.15) is 37.9 Å². The van der Waals surface area contributed by atoms with Gasteiger partial charge in [-0.05, 0) is 0 Å². The van der Waals surface area contributed by atoms with Crippen LogP contribution in [-0.4, -0.2) is 114 Å². The summed E-state index contributed by atoms with van der Waals surface area (Å²) in [5.41, 5.74) is -2.33. The maximum Gasteiger partial charge on any atom is 0.306 e. The van der Waals surface area contributed by atoms with Crippen molar-refractivity contribution in [2.24, 2.45) is 10.8 Å². The first-order chi connectivity index (χ1) is 15.7. The highest BCUT2D eigenvalue weighted by molar-refractivity contribution is 7.80. The molecule has 0 heterocycles. The van der Waals surface area contributed by atoms with Crippen LogP contribution in [0, 0.1) is 10.8 Å². The Balaban J connectivity index is 0. The van der Waals surface area contributed by atoms with Crippen molar-refractivity contribution in [1.29, 1.82) is 0 Å². The molecule has 0 radical (unpaired) electrons. The summed E-state index contributed by atoms with van der Waals surface area (Å²) < 4.78 is 15.2. The average molecular weight is 537 g/mol. The second kappa shape index (κ2) is 20.6. The number of aliphatic hydroxyl groups is 5. The lowest BCUT2D eigenvalue weighted by atomic mass is 9.92. The molecule has 0 atom stereocenters. The molecule has 0 unspecified atom stereocenters. The van der Waals surface area contributed by atoms with Gasteiger partial charge in [-0.15, -0.1) is 0 Å². The SMILES string of the molecule is O=C(CCS)OCC(CO)(COC(=O)CCS)COC(=O)CCS.OCC(CO)(CO)CO. The molecule has 0 amide bonds. The molecule has 0 saturated carbocycles. The lowest BCUT2D eigenvalue weighted by Crippen LogP contribution is -2.42. The zero-order chi connectivity index (χ0) is 25.8. The Morgan fingerprint density at radius 1 is 0.515 bits per heavy atom. The monoisotopic (exact) mass is 536 g/mol. The van der Waals surface area contributed by atoms with Crippen molar-refractivity contribution in [2.75, 3.05) is 70.1 Å². The molecular weight excluding hydrogens is 500 g/mol. The zero-order valence-electron chi connectivity index (χ0n) is 18.4. The molecule has 5 N–H and O–H groups in total. The largest absolute Gasteiger partial charge is 0.465 e. The summed E-state index contributed by atoms with van der Waals surface area (Å²) in [4.78, 5) is 34.5. The zero-order valence-corrected chi connectivity index (χ0v) is 21.1. The van der Waals surface area contributed by atoms with Crippen LogP contribution < -0.4 is 0 Å². The number of carbonyl (C=O) groups is 3. The standard InChI is InChI=1S/C14H24O7S3.C5H12O4/c15-7-14(8-19-11(16)1-4-22,9-20-12(17)2-5-23)10-21-13(18)3-6-24;6-1-5(2-7,3-8)4-9/h15,22-24H,1-10H2;6-9H,1-4H2. The molecule has 0 bridgehead atoms. The van der Waals surface area contributed by atoms with Gasteiger partial charge in [0, 0.05) is 17.3 Å². The van der Waals surface area contributed by atoms with Crippen LogP contribution in [0.5, 0.6) is 0 Å². The lowest BCUT2D eigenvalue weighted by Gasteiger charge is -2.30. The minimum absolute atomic E-state index is 0.101. The van der Waals surface area contributed by atoms with E-state index < -0.39 is 61.8 Å². The number of hydrogen-bond acceptors (Lipinski definition) is 14. The van der Waals surface area contributed by atoms with Crippen molar-refractivity contribution in [3.8, 4) is 0 Å². The summed E-state index contributed by atoms with van der Waals surface area (Å²) in [6.07, 6.45) is 0.302. The maximum atomic E-state index is 11.5. The topological polar surface area (TPSA) is 180 Å². The van der Waals surface area contributed by atoms with E-state index in [1.165, 1.54) is 0 Å². The molecule has 0 aromatic rings. The summed E-state index contributed by atoms with van der Waals surface area (Å²) in [6.45, 7) is -2.88. The Morgan fingerprint density at radius 2 is 0.758 bits per heavy atom. The normalized spacial score (nSPS) is 11.3. The number of esters is 3. The first kappa shape index (κ1) is 34.4. The number of aliphatic hydroxyl groups excluding tert-OH is 5. The van der Waals surface area contributed by atoms with Crippen molar-refractivity contribution in [1.82, 2.24) is 0 Å². The van der Waals surface area contributed by atoms with E-state index in [1.807, 2.05) is 0 Å². The van der Waals surface area contributed by atoms with Crippen LogP contribution in [-0.2, 0) is 28.6 Å². The van der Waals surface area contributed by atoms with Gasteiger partial charge in [-0.3, -0.25) is 14.4 Å². The Hall–Kier alpha value is -0.740. The van der Waals surface area contributed by atoms with Crippen LogP contribution in [0.1, 0.15) is 19.3 Å². The molecule has 0 aliphatic heterocycles. The third-order valence-electron chi connectivity index (χ3n) is 4.24. The quantitative estimate of drug-likeness (QED) is 0.0616. The van der Waals surface area contributed by atoms with Crippen LogP contribution in [0.2, 0.25) is 0 Å². The van der Waals surface area contributed by atoms with E-state index >= 15 is 0 Å². The molecule has 0 fully saturated rings. The highest BCUT2D eigenvalue weighted by atomic mass is 32.1. The van der Waals surface area contributed by atoms with Gasteiger partial charge in [0.15, 0.2) is 0 Å². The summed E-state index contributed by atoms with van der Waals surface area (Å²) in [6, 6.07) is 0. The lowest BCUT2D eigenvalue weighted by molar-refractivity contribution is -0.164. The summed E-state index contributed by atoms with van der Waals surface area (Å²) in [5, 5.41) is 43.7. The van der Waals surface area contributed by atoms with Crippen LogP contribution in [0.25, 0.3) is 0 Å². The highest BCUT2D eigenvalue weighted by Gasteiger charge is 2.35. The predicted molar refractivity (Wildman–Crippen MR) is 129 cm³/mol. The molecule has 14 heteroatoms. The van der Waals surface area contributed by atoms with Gasteiger partial charge in [0.25, 0.3) is 0 Å². The number of carbonyl (C=O) groups excluding carboxylic acids is 3. The van der Waals surface area contributed by atoms with Gasteiger partial charge in [-0.25, -0.2) is 0 Å². The fraction of sp³-hybridized carbons (Fsp3) is 0.842. The number of thiol groups is 3. The van der Waals surface area contributed by atoms with Crippen molar-refractivity contribution in [3.63, 3.8) is 0 Å². The Morgan fingerprint density at radius 3 is 0.909 bits per heavy atom. The second-order valence-corrected chi connectivity index (χ2v) is 8.54. The van der Waals surface area contributed by atoms with Crippen molar-refractivity contribution in [2.45, 2.75) is 19.3 Å². The first-order valence-corrected chi connectivity index (χ1v) is 11.9. The number of hydrogen-bond donors (Lipinski definition) is 8. The van der Waals surface area contributed by atoms with Gasteiger partial charge in [0.2, 0.25) is 0 Å². The molecule has 0 spiro atoms. The fourth-order valence-electron chi connectivity index (χ4n) is 1.75. The molecule has 0 aromatic heterocycles. The Kier molecular flexibility index (Phi) is 21.5. The minimum Gasteiger partial charge on any atom is -0.465 e. The van der Waals surface area contributed by atoms with Crippen molar-refractivity contribution >= 4 is 55.8 Å². The third-order valence-corrected chi connectivity index (χ3v) is 4.91. The molecule has 196 valence electrons. The highest BCUT2D eigenvalue weighted by Crippen LogP contribution is 2.20. The molecule has 0 aliphatic carbocycles. The molecular formula is C19H36O11S3. The fourth-order valence-corrected chi connectivity index (χ4v) is 2.30. The van der Waals surface area contributed by atoms with E-state index in [1.54, 1.807) is 0 Å². The van der Waals surface area contributed by atoms with Gasteiger partial charge in [0.05, 0.1) is 63.1 Å². The van der Waals surface area contributed by atoms with E-state index in [0.717, 1.165) is 0 Å². The number of ether oxygens (including phenoxy) is 3. The van der Waals surface area contributed by atoms with Gasteiger partial charge in [-0.1, -0.05) is 0 Å². The summed E-state index contributed by atoms with van der Waals surface area (Å²) in [7, 11) is 0. The van der Waals surface area contributed by atoms with E-state index in [2.05, 4.69) is 37.9 Å². The molecule has 0 rings (SSSR count). The smallest absolute Gasteiger partial charge is 0.306 e. The second-order valence-electron chi connectivity index (χ2n) is 7.19. The first-order valence-electron chi connectivity index (χ1n) is 10.0. The summed E-state index contributed by atoms with van der Waals surface area (Å²) in [5.74, 6) is -0.570. The van der Waals surface area contributed by atoms with E-state index in [-0.39, 0.29) is 39.1 Å². The maximum absolute atomic E-state index is 11.5. The minimum atomic E-state index is -1.22. The van der Waals surface area contributed by atoms with Crippen LogP contribution in [0.4, 0.5) is 0 Å². The molecule has 0 aromatic carbocycles. The van der Waals surface area contributed by atoms with E-state index in [0.29, 0.717) is 17.3 Å². The predicted octanol–water partition coefficient (Wildman–Crippen LogP) is -1.50.